The fourth-order valence-electron chi connectivity index (χ4n) is 2.32. The van der Waals surface area contributed by atoms with E-state index >= 15 is 0 Å². The molecule has 0 aliphatic carbocycles. The van der Waals surface area contributed by atoms with E-state index in [2.05, 4.69) is 20.8 Å². The van der Waals surface area contributed by atoms with Gasteiger partial charge in [0.05, 0.1) is 5.75 Å². The molecule has 28 heavy (non-hydrogen) atoms. The van der Waals surface area contributed by atoms with Gasteiger partial charge in [-0.2, -0.15) is 0 Å². The second kappa shape index (κ2) is 9.18. The van der Waals surface area contributed by atoms with E-state index in [4.69, 9.17) is 11.6 Å². The van der Waals surface area contributed by atoms with Crippen molar-refractivity contribution in [1.82, 2.24) is 10.2 Å². The van der Waals surface area contributed by atoms with Crippen molar-refractivity contribution in [3.05, 3.63) is 64.2 Å². The molecule has 3 rings (SSSR count). The zero-order valence-electron chi connectivity index (χ0n) is 15.2. The predicted molar refractivity (Wildman–Crippen MR) is 115 cm³/mol. The SMILES string of the molecule is Cc1cccc(NC(=O)CSc2nnc(NC(=O)c3cccc(Cl)c3)s2)c1C. The van der Waals surface area contributed by atoms with Crippen LogP contribution in [-0.4, -0.2) is 27.8 Å². The third-order valence-corrected chi connectivity index (χ3v) is 6.13. The first kappa shape index (κ1) is 20.3. The highest BCUT2D eigenvalue weighted by atomic mass is 35.5. The molecular formula is C19H17ClN4O2S2. The second-order valence-electron chi connectivity index (χ2n) is 5.92. The normalized spacial score (nSPS) is 10.5. The van der Waals surface area contributed by atoms with E-state index in [0.29, 0.717) is 20.1 Å². The first-order chi connectivity index (χ1) is 13.4. The molecule has 0 bridgehead atoms. The highest BCUT2D eigenvalue weighted by Gasteiger charge is 2.13. The summed E-state index contributed by atoms with van der Waals surface area (Å²) in [4.78, 5) is 24.4. The average molecular weight is 433 g/mol. The topological polar surface area (TPSA) is 84.0 Å². The van der Waals surface area contributed by atoms with Crippen LogP contribution < -0.4 is 10.6 Å². The summed E-state index contributed by atoms with van der Waals surface area (Å²) >= 11 is 8.37. The Labute approximate surface area is 175 Å². The number of hydrogen-bond donors (Lipinski definition) is 2. The summed E-state index contributed by atoms with van der Waals surface area (Å²) < 4.78 is 0.595. The number of carbonyl (C=O) groups is 2. The molecule has 2 N–H and O–H groups in total. The van der Waals surface area contributed by atoms with E-state index in [0.717, 1.165) is 16.8 Å². The summed E-state index contributed by atoms with van der Waals surface area (Å²) in [5.41, 5.74) is 3.40. The Balaban J connectivity index is 1.54. The smallest absolute Gasteiger partial charge is 0.257 e. The van der Waals surface area contributed by atoms with E-state index in [9.17, 15) is 9.59 Å². The second-order valence-corrected chi connectivity index (χ2v) is 8.56. The molecule has 2 amide bonds. The fourth-order valence-corrected chi connectivity index (χ4v) is 4.06. The minimum atomic E-state index is -0.317. The molecule has 0 atom stereocenters. The minimum absolute atomic E-state index is 0.126. The largest absolute Gasteiger partial charge is 0.325 e. The van der Waals surface area contributed by atoms with Crippen LogP contribution in [0.2, 0.25) is 5.02 Å². The zero-order chi connectivity index (χ0) is 20.1. The van der Waals surface area contributed by atoms with Crippen molar-refractivity contribution in [2.45, 2.75) is 18.2 Å². The van der Waals surface area contributed by atoms with Gasteiger partial charge in [-0.3, -0.25) is 14.9 Å². The van der Waals surface area contributed by atoms with Crippen LogP contribution in [0.15, 0.2) is 46.8 Å². The monoisotopic (exact) mass is 432 g/mol. The number of amides is 2. The number of rotatable bonds is 6. The van der Waals surface area contributed by atoms with Gasteiger partial charge in [-0.15, -0.1) is 10.2 Å². The minimum Gasteiger partial charge on any atom is -0.325 e. The van der Waals surface area contributed by atoms with Crippen molar-refractivity contribution in [2.24, 2.45) is 0 Å². The van der Waals surface area contributed by atoms with Gasteiger partial charge in [-0.25, -0.2) is 0 Å². The summed E-state index contributed by atoms with van der Waals surface area (Å²) in [5, 5.41) is 14.4. The molecule has 0 saturated carbocycles. The van der Waals surface area contributed by atoms with Gasteiger partial charge in [0.15, 0.2) is 4.34 Å². The van der Waals surface area contributed by atoms with Crippen LogP contribution in [0, 0.1) is 13.8 Å². The molecule has 0 radical (unpaired) electrons. The van der Waals surface area contributed by atoms with Crippen molar-refractivity contribution in [3.63, 3.8) is 0 Å². The first-order valence-corrected chi connectivity index (χ1v) is 10.5. The lowest BCUT2D eigenvalue weighted by molar-refractivity contribution is -0.113. The number of aryl methyl sites for hydroxylation is 1. The Hall–Kier alpha value is -2.42. The van der Waals surface area contributed by atoms with Crippen molar-refractivity contribution >= 4 is 57.3 Å². The van der Waals surface area contributed by atoms with Crippen LogP contribution in [0.4, 0.5) is 10.8 Å². The lowest BCUT2D eigenvalue weighted by atomic mass is 10.1. The number of carbonyl (C=O) groups excluding carboxylic acids is 2. The number of aromatic nitrogens is 2. The van der Waals surface area contributed by atoms with Crippen LogP contribution in [0.1, 0.15) is 21.5 Å². The van der Waals surface area contributed by atoms with Gasteiger partial charge >= 0.3 is 0 Å². The van der Waals surface area contributed by atoms with Crippen molar-refractivity contribution in [3.8, 4) is 0 Å². The third-order valence-electron chi connectivity index (χ3n) is 3.92. The molecule has 0 aliphatic rings. The molecule has 0 saturated heterocycles. The Morgan fingerprint density at radius 3 is 2.68 bits per heavy atom. The summed E-state index contributed by atoms with van der Waals surface area (Å²) in [6.45, 7) is 3.97. The van der Waals surface area contributed by atoms with Crippen LogP contribution >= 0.6 is 34.7 Å². The molecule has 144 valence electrons. The number of nitrogens with one attached hydrogen (secondary N) is 2. The molecule has 1 heterocycles. The Morgan fingerprint density at radius 1 is 1.11 bits per heavy atom. The van der Waals surface area contributed by atoms with Gasteiger partial charge in [-0.1, -0.05) is 52.9 Å². The Kier molecular flexibility index (Phi) is 6.66. The number of hydrogen-bond acceptors (Lipinski definition) is 6. The molecular weight excluding hydrogens is 416 g/mol. The average Bonchev–Trinajstić information content (AvgIpc) is 3.11. The standard InChI is InChI=1S/C19H17ClN4O2S2/c1-11-5-3-8-15(12(11)2)21-16(25)10-27-19-24-23-18(28-19)22-17(26)13-6-4-7-14(20)9-13/h3-9H,10H2,1-2H3,(H,21,25)(H,22,23,26). The Bertz CT molecular complexity index is 1020. The molecule has 0 aliphatic heterocycles. The first-order valence-electron chi connectivity index (χ1n) is 8.31. The number of nitrogens with zero attached hydrogens (tertiary/aromatic N) is 2. The molecule has 6 nitrogen and oxygen atoms in total. The quantitative estimate of drug-likeness (QED) is 0.432. The van der Waals surface area contributed by atoms with E-state index in [1.165, 1.54) is 23.1 Å². The van der Waals surface area contributed by atoms with Gasteiger partial charge in [-0.05, 0) is 49.2 Å². The molecule has 1 aromatic heterocycles. The van der Waals surface area contributed by atoms with Crippen molar-refractivity contribution in [1.29, 1.82) is 0 Å². The van der Waals surface area contributed by atoms with Crippen LogP contribution in [-0.2, 0) is 4.79 Å². The lowest BCUT2D eigenvalue weighted by Gasteiger charge is -2.09. The van der Waals surface area contributed by atoms with E-state index in [-0.39, 0.29) is 17.6 Å². The summed E-state index contributed by atoms with van der Waals surface area (Å²) in [5.74, 6) is -0.245. The number of thioether (sulfide) groups is 1. The highest BCUT2D eigenvalue weighted by Crippen LogP contribution is 2.26. The van der Waals surface area contributed by atoms with E-state index in [1.54, 1.807) is 24.3 Å². The fraction of sp³-hybridized carbons (Fsp3) is 0.158. The van der Waals surface area contributed by atoms with Crippen LogP contribution in [0.3, 0.4) is 0 Å². The zero-order valence-corrected chi connectivity index (χ0v) is 17.5. The van der Waals surface area contributed by atoms with Gasteiger partial charge in [0.2, 0.25) is 11.0 Å². The maximum absolute atomic E-state index is 12.2. The maximum atomic E-state index is 12.2. The summed E-state index contributed by atoms with van der Waals surface area (Å²) in [7, 11) is 0. The van der Waals surface area contributed by atoms with Crippen molar-refractivity contribution in [2.75, 3.05) is 16.4 Å². The van der Waals surface area contributed by atoms with Crippen LogP contribution in [0.25, 0.3) is 0 Å². The third kappa shape index (κ3) is 5.31. The summed E-state index contributed by atoms with van der Waals surface area (Å²) in [6, 6.07) is 12.4. The number of halogens is 1. The lowest BCUT2D eigenvalue weighted by Crippen LogP contribution is -2.15. The molecule has 2 aromatic carbocycles. The molecule has 3 aromatic rings. The van der Waals surface area contributed by atoms with Gasteiger partial charge in [0.25, 0.3) is 5.91 Å². The number of benzene rings is 2. The van der Waals surface area contributed by atoms with Gasteiger partial charge in [0, 0.05) is 16.3 Å². The van der Waals surface area contributed by atoms with Crippen LogP contribution in [0.5, 0.6) is 0 Å². The molecule has 9 heteroatoms. The highest BCUT2D eigenvalue weighted by molar-refractivity contribution is 8.01. The molecule has 0 fully saturated rings. The number of anilines is 2. The molecule has 0 spiro atoms. The van der Waals surface area contributed by atoms with E-state index < -0.39 is 0 Å². The molecule has 0 unspecified atom stereocenters. The maximum Gasteiger partial charge on any atom is 0.257 e. The Morgan fingerprint density at radius 2 is 1.89 bits per heavy atom. The summed E-state index contributed by atoms with van der Waals surface area (Å²) in [6.07, 6.45) is 0. The van der Waals surface area contributed by atoms with E-state index in [1.807, 2.05) is 32.0 Å². The van der Waals surface area contributed by atoms with Gasteiger partial charge in [0.1, 0.15) is 0 Å². The van der Waals surface area contributed by atoms with Crippen molar-refractivity contribution < 1.29 is 9.59 Å². The predicted octanol–water partition coefficient (Wildman–Crippen LogP) is 4.79. The van der Waals surface area contributed by atoms with Gasteiger partial charge < -0.3 is 5.32 Å².